The number of hydrogen-bond donors (Lipinski definition) is 0. The van der Waals surface area contributed by atoms with Crippen LogP contribution in [0, 0.1) is 19.7 Å². The van der Waals surface area contributed by atoms with E-state index in [-0.39, 0.29) is 11.0 Å². The lowest BCUT2D eigenvalue weighted by Crippen LogP contribution is -2.02. The van der Waals surface area contributed by atoms with Crippen molar-refractivity contribution in [3.05, 3.63) is 46.6 Å². The third-order valence-corrected chi connectivity index (χ3v) is 3.28. The molecule has 0 atom stereocenters. The van der Waals surface area contributed by atoms with Crippen LogP contribution in [0.1, 0.15) is 11.1 Å². The molecule has 0 amide bonds. The maximum atomic E-state index is 13.3. The summed E-state index contributed by atoms with van der Waals surface area (Å²) in [7, 11) is 0. The molecule has 20 heavy (non-hydrogen) atoms. The van der Waals surface area contributed by atoms with Crippen LogP contribution in [0.15, 0.2) is 24.5 Å². The number of benzene rings is 1. The van der Waals surface area contributed by atoms with Crippen molar-refractivity contribution in [2.45, 2.75) is 13.8 Å². The standard InChI is InChI=1S/C13H10ClFN4O/c1-7-3-4-9(15)5-10(7)20-12-8(2)11(14)18-13-16-6-17-19(12)13/h3-6H,1-2H3. The van der Waals surface area contributed by atoms with Gasteiger partial charge in [0.15, 0.2) is 0 Å². The molecule has 7 heteroatoms. The molecule has 0 aliphatic heterocycles. The molecule has 5 nitrogen and oxygen atoms in total. The Morgan fingerprint density at radius 1 is 1.30 bits per heavy atom. The number of nitrogens with zero attached hydrogens (tertiary/aromatic N) is 4. The number of fused-ring (bicyclic) bond motifs is 1. The van der Waals surface area contributed by atoms with Gasteiger partial charge in [0.1, 0.15) is 23.0 Å². The van der Waals surface area contributed by atoms with Gasteiger partial charge < -0.3 is 4.74 Å². The Bertz CT molecular complexity index is 802. The summed E-state index contributed by atoms with van der Waals surface area (Å²) in [6.07, 6.45) is 1.35. The van der Waals surface area contributed by atoms with Crippen LogP contribution >= 0.6 is 11.6 Å². The van der Waals surface area contributed by atoms with Crippen molar-refractivity contribution in [2.24, 2.45) is 0 Å². The molecule has 0 unspecified atom stereocenters. The van der Waals surface area contributed by atoms with Gasteiger partial charge in [-0.3, -0.25) is 0 Å². The molecule has 3 rings (SSSR count). The van der Waals surface area contributed by atoms with Crippen LogP contribution < -0.4 is 4.74 Å². The zero-order valence-corrected chi connectivity index (χ0v) is 11.5. The highest BCUT2D eigenvalue weighted by atomic mass is 35.5. The number of halogens is 2. The van der Waals surface area contributed by atoms with E-state index in [1.54, 1.807) is 13.0 Å². The summed E-state index contributed by atoms with van der Waals surface area (Å²) in [4.78, 5) is 8.04. The number of rotatable bonds is 2. The number of ether oxygens (including phenoxy) is 1. The molecular formula is C13H10ClFN4O. The lowest BCUT2D eigenvalue weighted by molar-refractivity contribution is 0.435. The minimum absolute atomic E-state index is 0.273. The van der Waals surface area contributed by atoms with Gasteiger partial charge >= 0.3 is 0 Å². The first-order chi connectivity index (χ1) is 9.56. The second-order valence-electron chi connectivity index (χ2n) is 4.32. The highest BCUT2D eigenvalue weighted by Crippen LogP contribution is 2.30. The van der Waals surface area contributed by atoms with Gasteiger partial charge in [-0.05, 0) is 25.5 Å². The Kier molecular flexibility index (Phi) is 3.02. The van der Waals surface area contributed by atoms with E-state index in [1.165, 1.54) is 23.0 Å². The van der Waals surface area contributed by atoms with E-state index in [4.69, 9.17) is 16.3 Å². The Hall–Kier alpha value is -2.21. The van der Waals surface area contributed by atoms with E-state index in [1.807, 2.05) is 6.92 Å². The lowest BCUT2D eigenvalue weighted by Gasteiger charge is -2.12. The average molecular weight is 293 g/mol. The van der Waals surface area contributed by atoms with Crippen molar-refractivity contribution in [1.82, 2.24) is 19.6 Å². The first-order valence-corrected chi connectivity index (χ1v) is 6.24. The van der Waals surface area contributed by atoms with Crippen LogP contribution in [0.5, 0.6) is 11.6 Å². The summed E-state index contributed by atoms with van der Waals surface area (Å²) < 4.78 is 20.5. The van der Waals surface area contributed by atoms with Crippen LogP contribution in [0.2, 0.25) is 5.15 Å². The van der Waals surface area contributed by atoms with E-state index in [2.05, 4.69) is 15.1 Å². The van der Waals surface area contributed by atoms with Crippen molar-refractivity contribution < 1.29 is 9.13 Å². The number of aromatic nitrogens is 4. The number of aryl methyl sites for hydroxylation is 1. The predicted molar refractivity (Wildman–Crippen MR) is 71.7 cm³/mol. The summed E-state index contributed by atoms with van der Waals surface area (Å²) in [6, 6.07) is 4.33. The van der Waals surface area contributed by atoms with Crippen LogP contribution in [0.25, 0.3) is 5.78 Å². The summed E-state index contributed by atoms with van der Waals surface area (Å²) >= 11 is 6.04. The summed E-state index contributed by atoms with van der Waals surface area (Å²) in [5, 5.41) is 4.31. The van der Waals surface area contributed by atoms with Crippen LogP contribution in [-0.2, 0) is 0 Å². The predicted octanol–water partition coefficient (Wildman–Crippen LogP) is 3.33. The zero-order valence-electron chi connectivity index (χ0n) is 10.8. The van der Waals surface area contributed by atoms with E-state index >= 15 is 0 Å². The van der Waals surface area contributed by atoms with Crippen LogP contribution in [0.4, 0.5) is 4.39 Å². The van der Waals surface area contributed by atoms with Crippen LogP contribution in [0.3, 0.4) is 0 Å². The highest BCUT2D eigenvalue weighted by molar-refractivity contribution is 6.30. The van der Waals surface area contributed by atoms with Crippen molar-refractivity contribution in [3.8, 4) is 11.6 Å². The molecule has 0 fully saturated rings. The fourth-order valence-electron chi connectivity index (χ4n) is 1.78. The molecule has 102 valence electrons. The van der Waals surface area contributed by atoms with Gasteiger partial charge in [-0.15, -0.1) is 0 Å². The first-order valence-electron chi connectivity index (χ1n) is 5.86. The highest BCUT2D eigenvalue weighted by Gasteiger charge is 2.15. The molecule has 0 aliphatic carbocycles. The van der Waals surface area contributed by atoms with Gasteiger partial charge in [-0.25, -0.2) is 4.39 Å². The molecule has 0 saturated carbocycles. The van der Waals surface area contributed by atoms with Gasteiger partial charge in [0.25, 0.3) is 5.78 Å². The van der Waals surface area contributed by atoms with E-state index < -0.39 is 0 Å². The van der Waals surface area contributed by atoms with Gasteiger partial charge in [0, 0.05) is 11.6 Å². The van der Waals surface area contributed by atoms with Crippen molar-refractivity contribution in [3.63, 3.8) is 0 Å². The van der Waals surface area contributed by atoms with E-state index in [9.17, 15) is 4.39 Å². The summed E-state index contributed by atoms with van der Waals surface area (Å²) in [5.74, 6) is 0.710. The van der Waals surface area contributed by atoms with Crippen molar-refractivity contribution >= 4 is 17.4 Å². The maximum absolute atomic E-state index is 13.3. The maximum Gasteiger partial charge on any atom is 0.256 e. The van der Waals surface area contributed by atoms with Gasteiger partial charge in [-0.2, -0.15) is 19.6 Å². The lowest BCUT2D eigenvalue weighted by atomic mass is 10.2. The molecule has 0 saturated heterocycles. The average Bonchev–Trinajstić information content (AvgIpc) is 2.86. The molecule has 2 aromatic heterocycles. The first kappa shape index (κ1) is 12.8. The fraction of sp³-hybridized carbons (Fsp3) is 0.154. The normalized spacial score (nSPS) is 11.0. The third kappa shape index (κ3) is 2.08. The van der Waals surface area contributed by atoms with Crippen molar-refractivity contribution in [2.75, 3.05) is 0 Å². The molecule has 0 aliphatic rings. The largest absolute Gasteiger partial charge is 0.438 e. The smallest absolute Gasteiger partial charge is 0.256 e. The molecule has 0 radical (unpaired) electrons. The summed E-state index contributed by atoms with van der Waals surface area (Å²) in [5.41, 5.74) is 1.40. The Labute approximate surface area is 119 Å². The third-order valence-electron chi connectivity index (χ3n) is 2.91. The van der Waals surface area contributed by atoms with Gasteiger partial charge in [0.2, 0.25) is 5.88 Å². The zero-order chi connectivity index (χ0) is 14.3. The molecule has 1 aromatic carbocycles. The Morgan fingerprint density at radius 2 is 2.10 bits per heavy atom. The molecule has 0 N–H and O–H groups in total. The number of hydrogen-bond acceptors (Lipinski definition) is 4. The van der Waals surface area contributed by atoms with Gasteiger partial charge in [-0.1, -0.05) is 17.7 Å². The molecule has 2 heterocycles. The SMILES string of the molecule is Cc1ccc(F)cc1Oc1c(C)c(Cl)nc2ncnn12. The Morgan fingerprint density at radius 3 is 2.90 bits per heavy atom. The second-order valence-corrected chi connectivity index (χ2v) is 4.67. The molecular weight excluding hydrogens is 283 g/mol. The fourth-order valence-corrected chi connectivity index (χ4v) is 1.94. The molecule has 3 aromatic rings. The topological polar surface area (TPSA) is 52.3 Å². The monoisotopic (exact) mass is 292 g/mol. The van der Waals surface area contributed by atoms with E-state index in [0.717, 1.165) is 5.56 Å². The van der Waals surface area contributed by atoms with Crippen LogP contribution in [-0.4, -0.2) is 19.6 Å². The van der Waals surface area contributed by atoms with Gasteiger partial charge in [0.05, 0.1) is 0 Å². The minimum Gasteiger partial charge on any atom is -0.438 e. The summed E-state index contributed by atoms with van der Waals surface area (Å²) in [6.45, 7) is 3.58. The molecule has 0 spiro atoms. The van der Waals surface area contributed by atoms with Crippen molar-refractivity contribution in [1.29, 1.82) is 0 Å². The quantitative estimate of drug-likeness (QED) is 0.680. The second kappa shape index (κ2) is 4.72. The Balaban J connectivity index is 2.17. The van der Waals surface area contributed by atoms with E-state index in [0.29, 0.717) is 23.0 Å². The minimum atomic E-state index is -0.377. The molecule has 0 bridgehead atoms.